The third-order valence-corrected chi connectivity index (χ3v) is 0.883. The lowest BCUT2D eigenvalue weighted by atomic mass is 10.2. The molecule has 0 amide bonds. The Bertz CT molecular complexity index is 97.1. The van der Waals surface area contributed by atoms with Gasteiger partial charge in [0.25, 0.3) is 0 Å². The quantitative estimate of drug-likeness (QED) is 0.496. The monoisotopic (exact) mass is 139 g/mol. The van der Waals surface area contributed by atoms with Crippen LogP contribution in [0.5, 0.6) is 0 Å². The highest BCUT2D eigenvalue weighted by Gasteiger charge is 1.77. The molecule has 0 aromatic carbocycles. The van der Waals surface area contributed by atoms with Crippen molar-refractivity contribution in [3.05, 3.63) is 24.3 Å². The van der Waals surface area contributed by atoms with Crippen LogP contribution in [-0.4, -0.2) is 26.0 Å². The Balaban J connectivity index is 0.000000180. The van der Waals surface area contributed by atoms with Crippen molar-refractivity contribution in [2.75, 3.05) is 21.1 Å². The van der Waals surface area contributed by atoms with Gasteiger partial charge in [-0.25, -0.2) is 0 Å². The molecule has 58 valence electrons. The van der Waals surface area contributed by atoms with Crippen molar-refractivity contribution < 1.29 is 0 Å². The predicted molar refractivity (Wildman–Crippen MR) is 47.1 cm³/mol. The van der Waals surface area contributed by atoms with E-state index in [0.29, 0.717) is 0 Å². The summed E-state index contributed by atoms with van der Waals surface area (Å²) in [5, 5.41) is 0. The summed E-state index contributed by atoms with van der Waals surface area (Å²) in [4.78, 5) is 2.00. The molecule has 0 heterocycles. The minimum Gasteiger partial charge on any atom is -0.312 e. The summed E-state index contributed by atoms with van der Waals surface area (Å²) in [5.74, 6) is 0. The van der Waals surface area contributed by atoms with Gasteiger partial charge < -0.3 is 4.90 Å². The fourth-order valence-corrected chi connectivity index (χ4v) is 0.542. The zero-order valence-electron chi connectivity index (χ0n) is 7.17. The zero-order valence-corrected chi connectivity index (χ0v) is 7.17. The summed E-state index contributed by atoms with van der Waals surface area (Å²) in [6.07, 6.45) is 11.0. The summed E-state index contributed by atoms with van der Waals surface area (Å²) in [6, 6.07) is 0. The first-order chi connectivity index (χ1) is 4.73. The molecule has 1 nitrogen and oxygen atoms in total. The molecule has 1 rings (SSSR count). The Morgan fingerprint density at radius 1 is 0.900 bits per heavy atom. The van der Waals surface area contributed by atoms with Crippen molar-refractivity contribution in [3.8, 4) is 0 Å². The molecule has 0 unspecified atom stereocenters. The molecule has 0 N–H and O–H groups in total. The van der Waals surface area contributed by atoms with Crippen molar-refractivity contribution in [1.29, 1.82) is 0 Å². The van der Waals surface area contributed by atoms with Crippen molar-refractivity contribution >= 4 is 0 Å². The lowest BCUT2D eigenvalue weighted by Crippen LogP contribution is -1.99. The second kappa shape index (κ2) is 6.56. The van der Waals surface area contributed by atoms with Crippen molar-refractivity contribution in [1.82, 2.24) is 4.90 Å². The van der Waals surface area contributed by atoms with Crippen LogP contribution in [0.1, 0.15) is 12.8 Å². The predicted octanol–water partition coefficient (Wildman–Crippen LogP) is 2.07. The highest BCUT2D eigenvalue weighted by atomic mass is 15.0. The minimum absolute atomic E-state index is 1.23. The molecule has 1 heteroatoms. The van der Waals surface area contributed by atoms with Crippen LogP contribution in [0.3, 0.4) is 0 Å². The highest BCUT2D eigenvalue weighted by molar-refractivity contribution is 5.07. The Hall–Kier alpha value is -0.560. The van der Waals surface area contributed by atoms with Gasteiger partial charge >= 0.3 is 0 Å². The fraction of sp³-hybridized carbons (Fsp3) is 0.556. The largest absolute Gasteiger partial charge is 0.312 e. The van der Waals surface area contributed by atoms with E-state index in [0.717, 1.165) is 0 Å². The molecule has 0 saturated heterocycles. The van der Waals surface area contributed by atoms with Gasteiger partial charge in [0.05, 0.1) is 0 Å². The molecule has 0 atom stereocenters. The Labute approximate surface area is 64.0 Å². The second-order valence-electron chi connectivity index (χ2n) is 2.78. The summed E-state index contributed by atoms with van der Waals surface area (Å²) < 4.78 is 0. The maximum atomic E-state index is 2.18. The van der Waals surface area contributed by atoms with E-state index in [2.05, 4.69) is 24.3 Å². The van der Waals surface area contributed by atoms with E-state index in [1.807, 2.05) is 26.0 Å². The topological polar surface area (TPSA) is 3.24 Å². The van der Waals surface area contributed by atoms with Gasteiger partial charge in [0, 0.05) is 0 Å². The van der Waals surface area contributed by atoms with Crippen LogP contribution in [-0.2, 0) is 0 Å². The molecule has 1 aliphatic carbocycles. The van der Waals surface area contributed by atoms with Gasteiger partial charge in [0.2, 0.25) is 0 Å². The van der Waals surface area contributed by atoms with Gasteiger partial charge in [-0.15, -0.1) is 0 Å². The smallest absolute Gasteiger partial charge is 0.0140 e. The summed E-state index contributed by atoms with van der Waals surface area (Å²) in [5.41, 5.74) is 0. The molecule has 1 aliphatic rings. The average Bonchev–Trinajstić information content (AvgIpc) is 1.90. The van der Waals surface area contributed by atoms with Crippen LogP contribution in [0.15, 0.2) is 24.3 Å². The van der Waals surface area contributed by atoms with Gasteiger partial charge in [-0.3, -0.25) is 0 Å². The van der Waals surface area contributed by atoms with E-state index < -0.39 is 0 Å². The highest BCUT2D eigenvalue weighted by Crippen LogP contribution is 1.98. The van der Waals surface area contributed by atoms with Crippen molar-refractivity contribution in [2.24, 2.45) is 0 Å². The lowest BCUT2D eigenvalue weighted by molar-refractivity contribution is 0.505. The van der Waals surface area contributed by atoms with Crippen LogP contribution in [0.2, 0.25) is 0 Å². The number of nitrogens with zero attached hydrogens (tertiary/aromatic N) is 1. The molecule has 0 aromatic rings. The molecule has 10 heavy (non-hydrogen) atoms. The van der Waals surface area contributed by atoms with Gasteiger partial charge in [0.15, 0.2) is 0 Å². The number of hydrogen-bond acceptors (Lipinski definition) is 1. The Morgan fingerprint density at radius 3 is 1.30 bits per heavy atom. The van der Waals surface area contributed by atoms with Gasteiger partial charge in [-0.05, 0) is 34.0 Å². The fourth-order valence-electron chi connectivity index (χ4n) is 0.542. The lowest BCUT2D eigenvalue weighted by Gasteiger charge is -1.90. The molecular weight excluding hydrogens is 122 g/mol. The maximum absolute atomic E-state index is 2.18. The third kappa shape index (κ3) is 10.4. The molecule has 0 spiro atoms. The molecule has 0 radical (unpaired) electrons. The SMILES string of the molecule is C1=CCCC=C1.CN(C)C. The summed E-state index contributed by atoms with van der Waals surface area (Å²) in [6.45, 7) is 0. The van der Waals surface area contributed by atoms with Crippen LogP contribution in [0, 0.1) is 0 Å². The normalized spacial score (nSPS) is 14.8. The van der Waals surface area contributed by atoms with Gasteiger partial charge in [-0.2, -0.15) is 0 Å². The molecular formula is C9H17N. The minimum atomic E-state index is 1.23. The molecule has 0 aromatic heterocycles. The van der Waals surface area contributed by atoms with E-state index in [-0.39, 0.29) is 0 Å². The van der Waals surface area contributed by atoms with E-state index >= 15 is 0 Å². The van der Waals surface area contributed by atoms with E-state index in [1.54, 1.807) is 0 Å². The van der Waals surface area contributed by atoms with E-state index in [1.165, 1.54) is 12.8 Å². The summed E-state index contributed by atoms with van der Waals surface area (Å²) in [7, 11) is 6.00. The number of allylic oxidation sites excluding steroid dienone is 4. The van der Waals surface area contributed by atoms with Crippen LogP contribution >= 0.6 is 0 Å². The maximum Gasteiger partial charge on any atom is -0.0140 e. The zero-order chi connectivity index (χ0) is 7.82. The Morgan fingerprint density at radius 2 is 1.20 bits per heavy atom. The first-order valence-corrected chi connectivity index (χ1v) is 3.66. The standard InChI is InChI=1S/C6H8.C3H9N/c1-2-4-6-5-3-1;1-4(2)3/h1-4H,5-6H2;1-3H3. The van der Waals surface area contributed by atoms with Gasteiger partial charge in [-0.1, -0.05) is 24.3 Å². The third-order valence-electron chi connectivity index (χ3n) is 0.883. The van der Waals surface area contributed by atoms with Crippen LogP contribution in [0.4, 0.5) is 0 Å². The molecule has 0 fully saturated rings. The molecule has 0 saturated carbocycles. The second-order valence-corrected chi connectivity index (χ2v) is 2.78. The number of hydrogen-bond donors (Lipinski definition) is 0. The first-order valence-electron chi connectivity index (χ1n) is 3.66. The van der Waals surface area contributed by atoms with E-state index in [4.69, 9.17) is 0 Å². The van der Waals surface area contributed by atoms with Crippen molar-refractivity contribution in [3.63, 3.8) is 0 Å². The van der Waals surface area contributed by atoms with Crippen molar-refractivity contribution in [2.45, 2.75) is 12.8 Å². The average molecular weight is 139 g/mol. The Kier molecular flexibility index (Phi) is 6.19. The molecule has 0 bridgehead atoms. The van der Waals surface area contributed by atoms with Gasteiger partial charge in [0.1, 0.15) is 0 Å². The molecule has 0 aliphatic heterocycles. The van der Waals surface area contributed by atoms with E-state index in [9.17, 15) is 0 Å². The van der Waals surface area contributed by atoms with Crippen LogP contribution < -0.4 is 0 Å². The first kappa shape index (κ1) is 9.44. The van der Waals surface area contributed by atoms with Crippen LogP contribution in [0.25, 0.3) is 0 Å². The number of rotatable bonds is 0. The summed E-state index contributed by atoms with van der Waals surface area (Å²) >= 11 is 0.